The SMILES string of the molecule is C=C(C)C(=O)OC1C2CC3C(=O)OC1C31CC21. The van der Waals surface area contributed by atoms with Gasteiger partial charge in [-0.2, -0.15) is 0 Å². The molecule has 0 radical (unpaired) electrons. The summed E-state index contributed by atoms with van der Waals surface area (Å²) in [6, 6.07) is 0. The summed E-state index contributed by atoms with van der Waals surface area (Å²) < 4.78 is 10.9. The lowest BCUT2D eigenvalue weighted by atomic mass is 9.79. The standard InChI is InChI=1S/C13H14O4/c1-5(2)11(14)16-9-6-3-7-12(15)17-10(9)13(7)4-8(6)13/h6-10H,1,3-4H2,2H3. The van der Waals surface area contributed by atoms with Gasteiger partial charge >= 0.3 is 11.9 Å². The number of hydrogen-bond donors (Lipinski definition) is 0. The molecule has 4 heteroatoms. The van der Waals surface area contributed by atoms with Gasteiger partial charge in [0.1, 0.15) is 12.2 Å². The molecule has 0 aromatic rings. The highest BCUT2D eigenvalue weighted by Crippen LogP contribution is 2.80. The summed E-state index contributed by atoms with van der Waals surface area (Å²) in [5, 5.41) is 0. The molecule has 2 bridgehead atoms. The van der Waals surface area contributed by atoms with Crippen molar-refractivity contribution in [3.8, 4) is 0 Å². The molecular formula is C13H14O4. The maximum absolute atomic E-state index is 11.7. The van der Waals surface area contributed by atoms with Crippen LogP contribution in [0.4, 0.5) is 0 Å². The monoisotopic (exact) mass is 234 g/mol. The Morgan fingerprint density at radius 2 is 2.35 bits per heavy atom. The third-order valence-electron chi connectivity index (χ3n) is 5.15. The number of hydrogen-bond acceptors (Lipinski definition) is 4. The minimum Gasteiger partial charge on any atom is -0.458 e. The Morgan fingerprint density at radius 3 is 3.06 bits per heavy atom. The first-order chi connectivity index (χ1) is 8.05. The summed E-state index contributed by atoms with van der Waals surface area (Å²) in [7, 11) is 0. The van der Waals surface area contributed by atoms with Crippen LogP contribution < -0.4 is 0 Å². The number of carbonyl (C=O) groups excluding carboxylic acids is 2. The third-order valence-corrected chi connectivity index (χ3v) is 5.15. The minimum atomic E-state index is -0.363. The maximum Gasteiger partial charge on any atom is 0.333 e. The Labute approximate surface area is 99.0 Å². The van der Waals surface area contributed by atoms with E-state index in [1.165, 1.54) is 0 Å². The first kappa shape index (κ1) is 9.68. The molecule has 6 unspecified atom stereocenters. The van der Waals surface area contributed by atoms with Crippen molar-refractivity contribution in [3.05, 3.63) is 12.2 Å². The summed E-state index contributed by atoms with van der Waals surface area (Å²) in [6.45, 7) is 5.22. The second-order valence-corrected chi connectivity index (χ2v) is 5.88. The van der Waals surface area contributed by atoms with E-state index in [9.17, 15) is 9.59 Å². The summed E-state index contributed by atoms with van der Waals surface area (Å²) in [5.41, 5.74) is 0.446. The van der Waals surface area contributed by atoms with Crippen LogP contribution in [-0.2, 0) is 19.1 Å². The van der Waals surface area contributed by atoms with Crippen molar-refractivity contribution in [3.63, 3.8) is 0 Å². The van der Waals surface area contributed by atoms with E-state index >= 15 is 0 Å². The van der Waals surface area contributed by atoms with Crippen molar-refractivity contribution in [1.82, 2.24) is 0 Å². The van der Waals surface area contributed by atoms with Gasteiger partial charge in [0.25, 0.3) is 0 Å². The van der Waals surface area contributed by atoms with Crippen molar-refractivity contribution in [2.75, 3.05) is 0 Å². The Morgan fingerprint density at radius 1 is 1.59 bits per heavy atom. The summed E-state index contributed by atoms with van der Waals surface area (Å²) in [6.07, 6.45) is 1.53. The fourth-order valence-electron chi connectivity index (χ4n) is 4.42. The van der Waals surface area contributed by atoms with Gasteiger partial charge in [-0.05, 0) is 25.7 Å². The fraction of sp³-hybridized carbons (Fsp3) is 0.692. The molecule has 6 atom stereocenters. The van der Waals surface area contributed by atoms with Crippen LogP contribution in [0.25, 0.3) is 0 Å². The largest absolute Gasteiger partial charge is 0.458 e. The lowest BCUT2D eigenvalue weighted by Gasteiger charge is -2.30. The van der Waals surface area contributed by atoms with Crippen LogP contribution in [0.15, 0.2) is 12.2 Å². The van der Waals surface area contributed by atoms with Crippen molar-refractivity contribution in [1.29, 1.82) is 0 Å². The molecule has 1 spiro atoms. The van der Waals surface area contributed by atoms with Crippen LogP contribution in [0.5, 0.6) is 0 Å². The third kappa shape index (κ3) is 0.884. The number of rotatable bonds is 2. The van der Waals surface area contributed by atoms with Crippen LogP contribution in [0.3, 0.4) is 0 Å². The lowest BCUT2D eigenvalue weighted by Crippen LogP contribution is -2.40. The van der Waals surface area contributed by atoms with E-state index in [1.54, 1.807) is 6.92 Å². The fourth-order valence-corrected chi connectivity index (χ4v) is 4.42. The molecule has 0 aromatic carbocycles. The second kappa shape index (κ2) is 2.57. The van der Waals surface area contributed by atoms with E-state index in [4.69, 9.17) is 9.47 Å². The predicted octanol–water partition coefficient (Wildman–Crippen LogP) is 1.06. The molecule has 1 aliphatic heterocycles. The molecule has 0 N–H and O–H groups in total. The summed E-state index contributed by atoms with van der Waals surface area (Å²) in [5.74, 6) is 0.528. The first-order valence-corrected chi connectivity index (χ1v) is 6.12. The van der Waals surface area contributed by atoms with Gasteiger partial charge in [-0.3, -0.25) is 4.79 Å². The highest BCUT2D eigenvalue weighted by atomic mass is 16.6. The molecule has 4 aliphatic rings. The predicted molar refractivity (Wildman–Crippen MR) is 56.7 cm³/mol. The minimum absolute atomic E-state index is 0.0434. The van der Waals surface area contributed by atoms with Crippen LogP contribution in [0.1, 0.15) is 19.8 Å². The molecule has 1 heterocycles. The van der Waals surface area contributed by atoms with Crippen LogP contribution >= 0.6 is 0 Å². The first-order valence-electron chi connectivity index (χ1n) is 6.12. The Kier molecular flexibility index (Phi) is 1.47. The molecule has 0 aromatic heterocycles. The van der Waals surface area contributed by atoms with Crippen LogP contribution in [-0.4, -0.2) is 24.1 Å². The van der Waals surface area contributed by atoms with Crippen molar-refractivity contribution in [2.24, 2.45) is 23.2 Å². The molecule has 4 rings (SSSR count). The van der Waals surface area contributed by atoms with E-state index in [2.05, 4.69) is 6.58 Å². The van der Waals surface area contributed by atoms with E-state index in [1.807, 2.05) is 0 Å². The Hall–Kier alpha value is -1.32. The van der Waals surface area contributed by atoms with Gasteiger partial charge in [-0.15, -0.1) is 0 Å². The topological polar surface area (TPSA) is 52.6 Å². The quantitative estimate of drug-likeness (QED) is 0.529. The van der Waals surface area contributed by atoms with Gasteiger partial charge in [-0.25, -0.2) is 4.79 Å². The molecule has 4 fully saturated rings. The maximum atomic E-state index is 11.7. The van der Waals surface area contributed by atoms with Gasteiger partial charge in [0, 0.05) is 16.9 Å². The zero-order valence-electron chi connectivity index (χ0n) is 9.64. The van der Waals surface area contributed by atoms with E-state index in [0.717, 1.165) is 12.8 Å². The van der Waals surface area contributed by atoms with Gasteiger partial charge in [0.05, 0.1) is 5.92 Å². The Balaban J connectivity index is 1.63. The number of carbonyl (C=O) groups is 2. The van der Waals surface area contributed by atoms with E-state index in [0.29, 0.717) is 17.4 Å². The molecule has 1 saturated heterocycles. The molecule has 17 heavy (non-hydrogen) atoms. The molecule has 4 nitrogen and oxygen atoms in total. The van der Waals surface area contributed by atoms with Gasteiger partial charge in [0.2, 0.25) is 0 Å². The molecule has 0 amide bonds. The molecule has 3 aliphatic carbocycles. The zero-order chi connectivity index (χ0) is 11.9. The van der Waals surface area contributed by atoms with Crippen LogP contribution in [0, 0.1) is 23.2 Å². The normalized spacial score (nSPS) is 52.1. The van der Waals surface area contributed by atoms with E-state index in [-0.39, 0.29) is 35.5 Å². The highest BCUT2D eigenvalue weighted by molar-refractivity contribution is 5.87. The smallest absolute Gasteiger partial charge is 0.333 e. The van der Waals surface area contributed by atoms with Crippen molar-refractivity contribution in [2.45, 2.75) is 32.0 Å². The van der Waals surface area contributed by atoms with E-state index < -0.39 is 0 Å². The summed E-state index contributed by atoms with van der Waals surface area (Å²) >= 11 is 0. The second-order valence-electron chi connectivity index (χ2n) is 5.88. The molecule has 90 valence electrons. The van der Waals surface area contributed by atoms with Crippen molar-refractivity contribution >= 4 is 11.9 Å². The van der Waals surface area contributed by atoms with Gasteiger partial charge in [-0.1, -0.05) is 6.58 Å². The van der Waals surface area contributed by atoms with Gasteiger partial charge in [0.15, 0.2) is 0 Å². The molecule has 3 saturated carbocycles. The van der Waals surface area contributed by atoms with Gasteiger partial charge < -0.3 is 9.47 Å². The van der Waals surface area contributed by atoms with Crippen LogP contribution in [0.2, 0.25) is 0 Å². The number of esters is 2. The average Bonchev–Trinajstić information content (AvgIpc) is 2.77. The molecular weight excluding hydrogens is 220 g/mol. The average molecular weight is 234 g/mol. The zero-order valence-corrected chi connectivity index (χ0v) is 9.64. The number of ether oxygens (including phenoxy) is 2. The Bertz CT molecular complexity index is 468. The highest BCUT2D eigenvalue weighted by Gasteiger charge is 2.85. The summed E-state index contributed by atoms with van der Waals surface area (Å²) in [4.78, 5) is 23.3. The lowest BCUT2D eigenvalue weighted by molar-refractivity contribution is -0.160. The van der Waals surface area contributed by atoms with Crippen molar-refractivity contribution < 1.29 is 19.1 Å².